The Labute approximate surface area is 132 Å². The van der Waals surface area contributed by atoms with Crippen LogP contribution in [-0.4, -0.2) is 27.2 Å². The average molecular weight is 372 g/mol. The first-order valence-corrected chi connectivity index (χ1v) is 8.34. The van der Waals surface area contributed by atoms with Crippen molar-refractivity contribution in [2.45, 2.75) is 37.6 Å². The van der Waals surface area contributed by atoms with E-state index >= 15 is 0 Å². The molecule has 0 bridgehead atoms. The number of hydrogen-bond donors (Lipinski definition) is 3. The Kier molecular flexibility index (Phi) is 3.99. The van der Waals surface area contributed by atoms with E-state index in [-0.39, 0.29) is 17.5 Å². The summed E-state index contributed by atoms with van der Waals surface area (Å²) in [5.74, 6) is 0.502. The predicted molar refractivity (Wildman–Crippen MR) is 84.1 cm³/mol. The van der Waals surface area contributed by atoms with Gasteiger partial charge < -0.3 is 15.4 Å². The van der Waals surface area contributed by atoms with Crippen molar-refractivity contribution in [3.63, 3.8) is 0 Å². The number of nitrogens with one attached hydrogen (secondary N) is 2. The number of carbonyl (C=O) groups is 1. The molecule has 8 heteroatoms. The monoisotopic (exact) mass is 371 g/mol. The van der Waals surface area contributed by atoms with E-state index in [2.05, 4.69) is 31.2 Å². The predicted octanol–water partition coefficient (Wildman–Crippen LogP) is 3.04. The van der Waals surface area contributed by atoms with E-state index in [0.29, 0.717) is 16.0 Å². The molecule has 0 aromatic carbocycles. The van der Waals surface area contributed by atoms with Crippen LogP contribution >= 0.6 is 27.3 Å². The number of H-pyrrole nitrogens is 1. The highest BCUT2D eigenvalue weighted by Gasteiger charge is 2.30. The Hall–Kier alpha value is -1.41. The minimum atomic E-state index is -1.03. The molecule has 2 aromatic rings. The summed E-state index contributed by atoms with van der Waals surface area (Å²) in [6.07, 6.45) is 2.56. The minimum Gasteiger partial charge on any atom is -0.465 e. The molecule has 2 aromatic heterocycles. The molecule has 1 aliphatic carbocycles. The highest BCUT2D eigenvalue weighted by atomic mass is 79.9. The zero-order valence-corrected chi connectivity index (χ0v) is 13.5. The lowest BCUT2D eigenvalue weighted by atomic mass is 9.84. The second kappa shape index (κ2) is 5.76. The lowest BCUT2D eigenvalue weighted by Crippen LogP contribution is -2.41. The zero-order valence-electron chi connectivity index (χ0n) is 11.1. The summed E-state index contributed by atoms with van der Waals surface area (Å²) in [7, 11) is 0. The molecule has 0 spiro atoms. The van der Waals surface area contributed by atoms with Crippen molar-refractivity contribution in [1.29, 1.82) is 0 Å². The van der Waals surface area contributed by atoms with Crippen LogP contribution in [0.3, 0.4) is 0 Å². The first-order chi connectivity index (χ1) is 10.0. The number of fused-ring (bicyclic) bond motifs is 1. The second-order valence-electron chi connectivity index (χ2n) is 5.16. The fraction of sp³-hybridized carbons (Fsp3) is 0.462. The van der Waals surface area contributed by atoms with Gasteiger partial charge in [-0.25, -0.2) is 9.78 Å². The summed E-state index contributed by atoms with van der Waals surface area (Å²) in [5.41, 5.74) is 0.496. The number of hydrogen-bond acceptors (Lipinski definition) is 4. The molecule has 2 atom stereocenters. The molecule has 3 N–H and O–H groups in total. The SMILES string of the molecule is O=C(O)N[C@@H]1CCCC[C@H]1c1nc2cc(Br)sc2c(=O)[nH]1. The van der Waals surface area contributed by atoms with Gasteiger partial charge in [0.15, 0.2) is 0 Å². The fourth-order valence-corrected chi connectivity index (χ4v) is 4.31. The Morgan fingerprint density at radius 3 is 3.00 bits per heavy atom. The van der Waals surface area contributed by atoms with E-state index in [4.69, 9.17) is 5.11 Å². The van der Waals surface area contributed by atoms with E-state index in [1.54, 1.807) is 0 Å². The van der Waals surface area contributed by atoms with Gasteiger partial charge >= 0.3 is 6.09 Å². The molecule has 0 saturated heterocycles. The molecule has 3 rings (SSSR count). The molecule has 1 fully saturated rings. The van der Waals surface area contributed by atoms with Crippen molar-refractivity contribution >= 4 is 43.6 Å². The van der Waals surface area contributed by atoms with Crippen molar-refractivity contribution in [3.8, 4) is 0 Å². The summed E-state index contributed by atoms with van der Waals surface area (Å²) in [6.45, 7) is 0. The molecular formula is C13H14BrN3O3S. The number of halogens is 1. The third-order valence-corrected chi connectivity index (χ3v) is 5.42. The van der Waals surface area contributed by atoms with Gasteiger partial charge in [0.1, 0.15) is 10.5 Å². The maximum Gasteiger partial charge on any atom is 0.404 e. The van der Waals surface area contributed by atoms with Gasteiger partial charge in [-0.1, -0.05) is 12.8 Å². The van der Waals surface area contributed by atoms with Crippen LogP contribution in [0.5, 0.6) is 0 Å². The second-order valence-corrected chi connectivity index (χ2v) is 7.59. The van der Waals surface area contributed by atoms with Gasteiger partial charge in [0.2, 0.25) is 0 Å². The van der Waals surface area contributed by atoms with Crippen LogP contribution in [0, 0.1) is 0 Å². The van der Waals surface area contributed by atoms with E-state index in [0.717, 1.165) is 29.5 Å². The van der Waals surface area contributed by atoms with Gasteiger partial charge in [-0.2, -0.15) is 0 Å². The maximum absolute atomic E-state index is 12.1. The average Bonchev–Trinajstić information content (AvgIpc) is 2.80. The summed E-state index contributed by atoms with van der Waals surface area (Å²) >= 11 is 4.71. The van der Waals surface area contributed by atoms with Crippen molar-refractivity contribution < 1.29 is 9.90 Å². The van der Waals surface area contributed by atoms with E-state index in [9.17, 15) is 9.59 Å². The smallest absolute Gasteiger partial charge is 0.404 e. The van der Waals surface area contributed by atoms with E-state index < -0.39 is 6.09 Å². The molecule has 1 amide bonds. The topological polar surface area (TPSA) is 95.1 Å². The highest BCUT2D eigenvalue weighted by Crippen LogP contribution is 2.32. The van der Waals surface area contributed by atoms with E-state index in [1.165, 1.54) is 11.3 Å². The number of rotatable bonds is 2. The number of carboxylic acid groups (broad SMARTS) is 1. The normalized spacial score (nSPS) is 22.3. The molecule has 0 unspecified atom stereocenters. The number of aromatic amines is 1. The Morgan fingerprint density at radius 1 is 1.48 bits per heavy atom. The number of amides is 1. The molecule has 1 saturated carbocycles. The van der Waals surface area contributed by atoms with Crippen LogP contribution in [0.1, 0.15) is 37.4 Å². The van der Waals surface area contributed by atoms with Gasteiger partial charge in [0.25, 0.3) is 5.56 Å². The highest BCUT2D eigenvalue weighted by molar-refractivity contribution is 9.11. The minimum absolute atomic E-state index is 0.0781. The Balaban J connectivity index is 2.00. The molecule has 2 heterocycles. The van der Waals surface area contributed by atoms with Crippen LogP contribution in [0.15, 0.2) is 14.6 Å². The Bertz CT molecular complexity index is 742. The Morgan fingerprint density at radius 2 is 2.24 bits per heavy atom. The summed E-state index contributed by atoms with van der Waals surface area (Å²) < 4.78 is 1.45. The van der Waals surface area contributed by atoms with Crippen molar-refractivity contribution in [3.05, 3.63) is 26.0 Å². The van der Waals surface area contributed by atoms with Crippen molar-refractivity contribution in [1.82, 2.24) is 15.3 Å². The zero-order chi connectivity index (χ0) is 15.0. The number of thiophene rings is 1. The van der Waals surface area contributed by atoms with E-state index in [1.807, 2.05) is 6.07 Å². The van der Waals surface area contributed by atoms with Gasteiger partial charge in [-0.05, 0) is 34.8 Å². The standard InChI is InChI=1S/C13H14BrN3O3S/c14-9-5-8-10(21-9)12(18)17-11(15-8)6-3-1-2-4-7(6)16-13(19)20/h5-7,16H,1-4H2,(H,19,20)(H,15,17,18)/t6-,7-/m1/s1. The van der Waals surface area contributed by atoms with Crippen molar-refractivity contribution in [2.24, 2.45) is 0 Å². The lowest BCUT2D eigenvalue weighted by molar-refractivity contribution is 0.182. The van der Waals surface area contributed by atoms with Gasteiger partial charge in [-0.3, -0.25) is 4.79 Å². The first kappa shape index (κ1) is 14.5. The van der Waals surface area contributed by atoms with Crippen LogP contribution < -0.4 is 10.9 Å². The first-order valence-electron chi connectivity index (χ1n) is 6.73. The fourth-order valence-electron chi connectivity index (χ4n) is 2.89. The molecule has 21 heavy (non-hydrogen) atoms. The number of nitrogens with zero attached hydrogens (tertiary/aromatic N) is 1. The third-order valence-electron chi connectivity index (χ3n) is 3.80. The lowest BCUT2D eigenvalue weighted by Gasteiger charge is -2.30. The largest absolute Gasteiger partial charge is 0.465 e. The van der Waals surface area contributed by atoms with Crippen LogP contribution in [0.4, 0.5) is 4.79 Å². The van der Waals surface area contributed by atoms with Crippen molar-refractivity contribution in [2.75, 3.05) is 0 Å². The van der Waals surface area contributed by atoms with Crippen LogP contribution in [0.2, 0.25) is 0 Å². The molecule has 6 nitrogen and oxygen atoms in total. The van der Waals surface area contributed by atoms with Crippen LogP contribution in [0.25, 0.3) is 10.2 Å². The number of aromatic nitrogens is 2. The molecular weight excluding hydrogens is 358 g/mol. The quantitative estimate of drug-likeness (QED) is 0.755. The van der Waals surface area contributed by atoms with Gasteiger partial charge in [0, 0.05) is 12.0 Å². The van der Waals surface area contributed by atoms with Crippen LogP contribution in [-0.2, 0) is 0 Å². The summed E-state index contributed by atoms with van der Waals surface area (Å²) in [5, 5.41) is 11.5. The van der Waals surface area contributed by atoms with Gasteiger partial charge in [0.05, 0.1) is 9.30 Å². The van der Waals surface area contributed by atoms with Gasteiger partial charge in [-0.15, -0.1) is 11.3 Å². The summed E-state index contributed by atoms with van der Waals surface area (Å²) in [6, 6.07) is 1.63. The molecule has 1 aliphatic rings. The molecule has 0 radical (unpaired) electrons. The third kappa shape index (κ3) is 2.96. The molecule has 0 aliphatic heterocycles. The molecule has 112 valence electrons. The maximum atomic E-state index is 12.1. The summed E-state index contributed by atoms with van der Waals surface area (Å²) in [4.78, 5) is 30.4.